The SMILES string of the molecule is CC=Nc1ccccc1/C=C(\C)CC. The highest BCUT2D eigenvalue weighted by Crippen LogP contribution is 2.21. The van der Waals surface area contributed by atoms with E-state index in [-0.39, 0.29) is 0 Å². The molecule has 0 N–H and O–H groups in total. The monoisotopic (exact) mass is 187 g/mol. The summed E-state index contributed by atoms with van der Waals surface area (Å²) in [6.45, 7) is 6.25. The maximum Gasteiger partial charge on any atom is 0.0697 e. The number of aliphatic imine (C=N–C) groups is 1. The highest BCUT2D eigenvalue weighted by atomic mass is 14.7. The number of hydrogen-bond donors (Lipinski definition) is 0. The van der Waals surface area contributed by atoms with E-state index in [1.54, 1.807) is 0 Å². The maximum atomic E-state index is 4.32. The second kappa shape index (κ2) is 5.38. The molecule has 1 aromatic rings. The lowest BCUT2D eigenvalue weighted by Crippen LogP contribution is -1.77. The molecule has 1 nitrogen and oxygen atoms in total. The lowest BCUT2D eigenvalue weighted by Gasteiger charge is -2.01. The van der Waals surface area contributed by atoms with Gasteiger partial charge in [0, 0.05) is 11.8 Å². The Labute approximate surface area is 86.2 Å². The molecule has 0 aliphatic rings. The molecule has 0 fully saturated rings. The van der Waals surface area contributed by atoms with E-state index in [1.165, 1.54) is 11.1 Å². The van der Waals surface area contributed by atoms with Crippen molar-refractivity contribution in [3.8, 4) is 0 Å². The van der Waals surface area contributed by atoms with Crippen LogP contribution in [0.2, 0.25) is 0 Å². The predicted molar refractivity (Wildman–Crippen MR) is 64.2 cm³/mol. The topological polar surface area (TPSA) is 12.4 Å². The van der Waals surface area contributed by atoms with Gasteiger partial charge in [0.1, 0.15) is 0 Å². The van der Waals surface area contributed by atoms with E-state index >= 15 is 0 Å². The van der Waals surface area contributed by atoms with E-state index in [2.05, 4.69) is 31.0 Å². The highest BCUT2D eigenvalue weighted by Gasteiger charge is 1.95. The fraction of sp³-hybridized carbons (Fsp3) is 0.308. The first-order valence-electron chi connectivity index (χ1n) is 5.02. The van der Waals surface area contributed by atoms with E-state index in [9.17, 15) is 0 Å². The third-order valence-electron chi connectivity index (χ3n) is 2.16. The van der Waals surface area contributed by atoms with Crippen molar-refractivity contribution in [1.29, 1.82) is 0 Å². The normalized spacial score (nSPS) is 12.4. The Morgan fingerprint density at radius 3 is 2.71 bits per heavy atom. The molecule has 14 heavy (non-hydrogen) atoms. The zero-order valence-electron chi connectivity index (χ0n) is 9.12. The van der Waals surface area contributed by atoms with Crippen molar-refractivity contribution in [3.63, 3.8) is 0 Å². The number of rotatable bonds is 3. The second-order valence-electron chi connectivity index (χ2n) is 3.29. The quantitative estimate of drug-likeness (QED) is 0.628. The van der Waals surface area contributed by atoms with Crippen LogP contribution in [-0.4, -0.2) is 6.21 Å². The summed E-state index contributed by atoms with van der Waals surface area (Å²) in [4.78, 5) is 4.32. The van der Waals surface area contributed by atoms with Crippen LogP contribution < -0.4 is 0 Å². The molecule has 74 valence electrons. The summed E-state index contributed by atoms with van der Waals surface area (Å²) in [6, 6.07) is 8.20. The average molecular weight is 187 g/mol. The van der Waals surface area contributed by atoms with Crippen molar-refractivity contribution >= 4 is 18.0 Å². The first-order chi connectivity index (χ1) is 6.77. The third kappa shape index (κ3) is 2.84. The summed E-state index contributed by atoms with van der Waals surface area (Å²) >= 11 is 0. The molecule has 0 amide bonds. The number of nitrogens with zero attached hydrogens (tertiary/aromatic N) is 1. The van der Waals surface area contributed by atoms with Crippen LogP contribution >= 0.6 is 0 Å². The zero-order valence-corrected chi connectivity index (χ0v) is 9.12. The summed E-state index contributed by atoms with van der Waals surface area (Å²) in [6.07, 6.45) is 5.11. The molecule has 0 unspecified atom stereocenters. The minimum Gasteiger partial charge on any atom is -0.261 e. The van der Waals surface area contributed by atoms with Crippen molar-refractivity contribution in [3.05, 3.63) is 35.4 Å². The molecule has 0 saturated carbocycles. The summed E-state index contributed by atoms with van der Waals surface area (Å²) in [7, 11) is 0. The fourth-order valence-electron chi connectivity index (χ4n) is 1.23. The van der Waals surface area contributed by atoms with E-state index in [1.807, 2.05) is 31.3 Å². The second-order valence-corrected chi connectivity index (χ2v) is 3.29. The number of hydrogen-bond acceptors (Lipinski definition) is 1. The summed E-state index contributed by atoms with van der Waals surface area (Å²) in [5.41, 5.74) is 3.62. The van der Waals surface area contributed by atoms with Crippen molar-refractivity contribution in [2.24, 2.45) is 4.99 Å². The molecule has 0 aliphatic heterocycles. The Morgan fingerprint density at radius 2 is 2.07 bits per heavy atom. The van der Waals surface area contributed by atoms with Crippen LogP contribution in [0.4, 0.5) is 5.69 Å². The van der Waals surface area contributed by atoms with Crippen LogP contribution in [0.3, 0.4) is 0 Å². The number of para-hydroxylation sites is 1. The molecule has 1 rings (SSSR count). The molecule has 0 aliphatic carbocycles. The molecule has 0 atom stereocenters. The summed E-state index contributed by atoms with van der Waals surface area (Å²) in [5, 5.41) is 0. The lowest BCUT2D eigenvalue weighted by atomic mass is 10.1. The van der Waals surface area contributed by atoms with Gasteiger partial charge in [-0.15, -0.1) is 0 Å². The molecule has 0 heterocycles. The Balaban J connectivity index is 3.07. The molecular formula is C13H17N. The van der Waals surface area contributed by atoms with Gasteiger partial charge in [-0.25, -0.2) is 0 Å². The Hall–Kier alpha value is -1.37. The summed E-state index contributed by atoms with van der Waals surface area (Å²) < 4.78 is 0. The van der Waals surface area contributed by atoms with Crippen molar-refractivity contribution in [1.82, 2.24) is 0 Å². The van der Waals surface area contributed by atoms with Gasteiger partial charge in [0.2, 0.25) is 0 Å². The van der Waals surface area contributed by atoms with E-state index < -0.39 is 0 Å². The highest BCUT2D eigenvalue weighted by molar-refractivity contribution is 5.70. The van der Waals surface area contributed by atoms with Gasteiger partial charge in [-0.05, 0) is 26.3 Å². The summed E-state index contributed by atoms with van der Waals surface area (Å²) in [5.74, 6) is 0. The van der Waals surface area contributed by atoms with Crippen LogP contribution in [0.1, 0.15) is 32.8 Å². The van der Waals surface area contributed by atoms with Gasteiger partial charge in [0.05, 0.1) is 5.69 Å². The Bertz CT molecular complexity index is 348. The van der Waals surface area contributed by atoms with Crippen LogP contribution in [-0.2, 0) is 0 Å². The molecule has 0 bridgehead atoms. The van der Waals surface area contributed by atoms with Crippen LogP contribution in [0.5, 0.6) is 0 Å². The van der Waals surface area contributed by atoms with Crippen molar-refractivity contribution < 1.29 is 0 Å². The van der Waals surface area contributed by atoms with Gasteiger partial charge in [0.25, 0.3) is 0 Å². The lowest BCUT2D eigenvalue weighted by molar-refractivity contribution is 1.11. The van der Waals surface area contributed by atoms with E-state index in [4.69, 9.17) is 0 Å². The van der Waals surface area contributed by atoms with E-state index in [0.29, 0.717) is 0 Å². The Morgan fingerprint density at radius 1 is 1.36 bits per heavy atom. The fourth-order valence-corrected chi connectivity index (χ4v) is 1.23. The van der Waals surface area contributed by atoms with Crippen LogP contribution in [0, 0.1) is 0 Å². The van der Waals surface area contributed by atoms with Crippen LogP contribution in [0.15, 0.2) is 34.8 Å². The first-order valence-corrected chi connectivity index (χ1v) is 5.02. The van der Waals surface area contributed by atoms with Crippen LogP contribution in [0.25, 0.3) is 6.08 Å². The van der Waals surface area contributed by atoms with Gasteiger partial charge >= 0.3 is 0 Å². The number of allylic oxidation sites excluding steroid dienone is 1. The molecule has 0 radical (unpaired) electrons. The molecule has 1 heteroatoms. The van der Waals surface area contributed by atoms with Gasteiger partial charge in [-0.2, -0.15) is 0 Å². The first kappa shape index (κ1) is 10.7. The van der Waals surface area contributed by atoms with Gasteiger partial charge in [-0.1, -0.05) is 36.8 Å². The van der Waals surface area contributed by atoms with Gasteiger partial charge in [-0.3, -0.25) is 4.99 Å². The minimum atomic E-state index is 1.04. The molecule has 0 saturated heterocycles. The van der Waals surface area contributed by atoms with Crippen molar-refractivity contribution in [2.45, 2.75) is 27.2 Å². The van der Waals surface area contributed by atoms with Gasteiger partial charge < -0.3 is 0 Å². The zero-order chi connectivity index (χ0) is 10.4. The van der Waals surface area contributed by atoms with E-state index in [0.717, 1.165) is 12.1 Å². The van der Waals surface area contributed by atoms with Crippen molar-refractivity contribution in [2.75, 3.05) is 0 Å². The number of benzene rings is 1. The molecule has 0 spiro atoms. The third-order valence-corrected chi connectivity index (χ3v) is 2.16. The molecular weight excluding hydrogens is 170 g/mol. The average Bonchev–Trinajstić information content (AvgIpc) is 2.21. The largest absolute Gasteiger partial charge is 0.261 e. The predicted octanol–water partition coefficient (Wildman–Crippen LogP) is 4.22. The molecule has 1 aromatic carbocycles. The molecule has 0 aromatic heterocycles. The Kier molecular flexibility index (Phi) is 4.11. The van der Waals surface area contributed by atoms with Gasteiger partial charge in [0.15, 0.2) is 0 Å². The minimum absolute atomic E-state index is 1.04. The maximum absolute atomic E-state index is 4.32. The standard InChI is InChI=1S/C13H17N/c1-4-11(3)10-12-8-6-7-9-13(12)14-5-2/h5-10H,4H2,1-3H3/b11-10+,14-5?. The smallest absolute Gasteiger partial charge is 0.0697 e.